The van der Waals surface area contributed by atoms with Crippen molar-refractivity contribution in [2.24, 2.45) is 5.92 Å². The summed E-state index contributed by atoms with van der Waals surface area (Å²) < 4.78 is 5.77. The van der Waals surface area contributed by atoms with E-state index in [2.05, 4.69) is 24.1 Å². The lowest BCUT2D eigenvalue weighted by Crippen LogP contribution is -2.17. The van der Waals surface area contributed by atoms with E-state index >= 15 is 0 Å². The average Bonchev–Trinajstić information content (AvgIpc) is 2.97. The topological polar surface area (TPSA) is 75.4 Å². The first-order chi connectivity index (χ1) is 11.8. The van der Waals surface area contributed by atoms with E-state index in [1.807, 2.05) is 32.0 Å². The fourth-order valence-electron chi connectivity index (χ4n) is 2.50. The third kappa shape index (κ3) is 3.50. The Kier molecular flexibility index (Phi) is 4.49. The SMILES string of the molecule is CC(C)C(=O)Nc1ccc(-c2nc3cc(C(C)C)ccc3o2)c(O)c1. The third-order valence-electron chi connectivity index (χ3n) is 4.10. The first kappa shape index (κ1) is 17.0. The van der Waals surface area contributed by atoms with Crippen LogP contribution < -0.4 is 5.32 Å². The number of oxazole rings is 1. The molecule has 1 heterocycles. The zero-order valence-electron chi connectivity index (χ0n) is 14.8. The van der Waals surface area contributed by atoms with Crippen LogP contribution in [0.1, 0.15) is 39.2 Å². The minimum absolute atomic E-state index is 0.0113. The third-order valence-corrected chi connectivity index (χ3v) is 4.10. The molecule has 0 bridgehead atoms. The van der Waals surface area contributed by atoms with E-state index < -0.39 is 0 Å². The number of fused-ring (bicyclic) bond motifs is 1. The quantitative estimate of drug-likeness (QED) is 0.708. The number of amides is 1. The Balaban J connectivity index is 1.93. The van der Waals surface area contributed by atoms with Gasteiger partial charge in [-0.25, -0.2) is 4.98 Å². The van der Waals surface area contributed by atoms with E-state index in [4.69, 9.17) is 4.42 Å². The highest BCUT2D eigenvalue weighted by Crippen LogP contribution is 2.33. The molecule has 0 atom stereocenters. The lowest BCUT2D eigenvalue weighted by atomic mass is 10.0. The van der Waals surface area contributed by atoms with Gasteiger partial charge >= 0.3 is 0 Å². The number of aromatic nitrogens is 1. The molecule has 25 heavy (non-hydrogen) atoms. The molecule has 2 aromatic carbocycles. The van der Waals surface area contributed by atoms with Crippen LogP contribution >= 0.6 is 0 Å². The van der Waals surface area contributed by atoms with Crippen LogP contribution in [-0.4, -0.2) is 16.0 Å². The van der Waals surface area contributed by atoms with Crippen LogP contribution in [0.5, 0.6) is 5.75 Å². The van der Waals surface area contributed by atoms with Crippen LogP contribution in [0.15, 0.2) is 40.8 Å². The fourth-order valence-corrected chi connectivity index (χ4v) is 2.50. The standard InChI is InChI=1S/C20H22N2O3/c1-11(2)13-5-8-18-16(9-13)22-20(25-18)15-7-6-14(10-17(15)23)21-19(24)12(3)4/h5-12,23H,1-4H3,(H,21,24). The van der Waals surface area contributed by atoms with Gasteiger partial charge in [-0.3, -0.25) is 4.79 Å². The van der Waals surface area contributed by atoms with Gasteiger partial charge in [0.1, 0.15) is 11.3 Å². The monoisotopic (exact) mass is 338 g/mol. The van der Waals surface area contributed by atoms with E-state index in [0.717, 1.165) is 5.52 Å². The van der Waals surface area contributed by atoms with Gasteiger partial charge in [-0.05, 0) is 35.7 Å². The van der Waals surface area contributed by atoms with Gasteiger partial charge < -0.3 is 14.8 Å². The van der Waals surface area contributed by atoms with E-state index in [0.29, 0.717) is 28.6 Å². The van der Waals surface area contributed by atoms with E-state index in [9.17, 15) is 9.90 Å². The average molecular weight is 338 g/mol. The van der Waals surface area contributed by atoms with Gasteiger partial charge in [0.05, 0.1) is 5.56 Å². The van der Waals surface area contributed by atoms with E-state index in [1.54, 1.807) is 12.1 Å². The number of nitrogens with zero attached hydrogens (tertiary/aromatic N) is 1. The summed E-state index contributed by atoms with van der Waals surface area (Å²) in [6, 6.07) is 10.8. The van der Waals surface area contributed by atoms with Crippen LogP contribution in [0.4, 0.5) is 5.69 Å². The molecule has 0 saturated carbocycles. The molecule has 0 aliphatic carbocycles. The largest absolute Gasteiger partial charge is 0.507 e. The highest BCUT2D eigenvalue weighted by molar-refractivity contribution is 5.92. The van der Waals surface area contributed by atoms with Gasteiger partial charge in [-0.15, -0.1) is 0 Å². The Bertz CT molecular complexity index is 926. The van der Waals surface area contributed by atoms with Gasteiger partial charge in [0.15, 0.2) is 5.58 Å². The molecule has 5 heteroatoms. The van der Waals surface area contributed by atoms with Gasteiger partial charge in [0.25, 0.3) is 0 Å². The summed E-state index contributed by atoms with van der Waals surface area (Å²) in [6.45, 7) is 7.87. The summed E-state index contributed by atoms with van der Waals surface area (Å²) >= 11 is 0. The molecule has 3 rings (SSSR count). The molecule has 3 aromatic rings. The number of phenolic OH excluding ortho intramolecular Hbond substituents is 1. The van der Waals surface area contributed by atoms with Crippen LogP contribution in [0.3, 0.4) is 0 Å². The predicted octanol–water partition coefficient (Wildman–Crippen LogP) is 4.92. The number of anilines is 1. The lowest BCUT2D eigenvalue weighted by Gasteiger charge is -2.09. The second kappa shape index (κ2) is 6.59. The van der Waals surface area contributed by atoms with Gasteiger partial charge in [0.2, 0.25) is 11.8 Å². The van der Waals surface area contributed by atoms with Crippen molar-refractivity contribution in [3.05, 3.63) is 42.0 Å². The molecule has 1 amide bonds. The zero-order chi connectivity index (χ0) is 18.1. The molecule has 0 aliphatic heterocycles. The molecule has 0 unspecified atom stereocenters. The molecular weight excluding hydrogens is 316 g/mol. The molecule has 0 spiro atoms. The molecule has 0 saturated heterocycles. The molecule has 130 valence electrons. The maximum absolute atomic E-state index is 11.8. The summed E-state index contributed by atoms with van der Waals surface area (Å²) in [5.74, 6) is 0.540. The maximum atomic E-state index is 11.8. The Morgan fingerprint density at radius 3 is 2.52 bits per heavy atom. The van der Waals surface area contributed by atoms with Crippen LogP contribution in [0.2, 0.25) is 0 Å². The molecule has 1 aromatic heterocycles. The van der Waals surface area contributed by atoms with Gasteiger partial charge in [-0.1, -0.05) is 33.8 Å². The number of carbonyl (C=O) groups excluding carboxylic acids is 1. The van der Waals surface area contributed by atoms with Gasteiger partial charge in [0, 0.05) is 17.7 Å². The van der Waals surface area contributed by atoms with Crippen LogP contribution in [-0.2, 0) is 4.79 Å². The molecule has 0 radical (unpaired) electrons. The van der Waals surface area contributed by atoms with E-state index in [-0.39, 0.29) is 17.6 Å². The predicted molar refractivity (Wildman–Crippen MR) is 98.7 cm³/mol. The van der Waals surface area contributed by atoms with Crippen molar-refractivity contribution in [1.29, 1.82) is 0 Å². The minimum Gasteiger partial charge on any atom is -0.507 e. The number of hydrogen-bond acceptors (Lipinski definition) is 4. The Labute approximate surface area is 146 Å². The van der Waals surface area contributed by atoms with Crippen molar-refractivity contribution in [2.45, 2.75) is 33.6 Å². The number of benzene rings is 2. The minimum atomic E-state index is -0.131. The normalized spacial score (nSPS) is 11.4. The summed E-state index contributed by atoms with van der Waals surface area (Å²) in [5.41, 5.74) is 3.65. The fraction of sp³-hybridized carbons (Fsp3) is 0.300. The molecule has 0 aliphatic rings. The number of carbonyl (C=O) groups is 1. The smallest absolute Gasteiger partial charge is 0.231 e. The molecule has 0 fully saturated rings. The first-order valence-electron chi connectivity index (χ1n) is 8.40. The van der Waals surface area contributed by atoms with E-state index in [1.165, 1.54) is 11.6 Å². The number of phenols is 1. The highest BCUT2D eigenvalue weighted by atomic mass is 16.3. The van der Waals surface area contributed by atoms with Crippen molar-refractivity contribution in [3.63, 3.8) is 0 Å². The Hall–Kier alpha value is -2.82. The molecule has 2 N–H and O–H groups in total. The summed E-state index contributed by atoms with van der Waals surface area (Å²) in [7, 11) is 0. The van der Waals surface area contributed by atoms with Crippen molar-refractivity contribution in [2.75, 3.05) is 5.32 Å². The second-order valence-corrected chi connectivity index (χ2v) is 6.78. The second-order valence-electron chi connectivity index (χ2n) is 6.78. The molecule has 5 nitrogen and oxygen atoms in total. The van der Waals surface area contributed by atoms with Crippen molar-refractivity contribution < 1.29 is 14.3 Å². The highest BCUT2D eigenvalue weighted by Gasteiger charge is 2.15. The Morgan fingerprint density at radius 1 is 1.12 bits per heavy atom. The number of nitrogens with one attached hydrogen (secondary N) is 1. The molecular formula is C20H22N2O3. The van der Waals surface area contributed by atoms with Crippen LogP contribution in [0.25, 0.3) is 22.6 Å². The summed E-state index contributed by atoms with van der Waals surface area (Å²) in [6.07, 6.45) is 0. The maximum Gasteiger partial charge on any atom is 0.231 e. The van der Waals surface area contributed by atoms with Crippen molar-refractivity contribution >= 4 is 22.7 Å². The Morgan fingerprint density at radius 2 is 1.88 bits per heavy atom. The zero-order valence-corrected chi connectivity index (χ0v) is 14.8. The number of rotatable bonds is 4. The lowest BCUT2D eigenvalue weighted by molar-refractivity contribution is -0.118. The number of aromatic hydroxyl groups is 1. The number of hydrogen-bond donors (Lipinski definition) is 2. The van der Waals surface area contributed by atoms with Gasteiger partial charge in [-0.2, -0.15) is 0 Å². The van der Waals surface area contributed by atoms with Crippen LogP contribution in [0, 0.1) is 5.92 Å². The van der Waals surface area contributed by atoms with Crippen molar-refractivity contribution in [3.8, 4) is 17.2 Å². The van der Waals surface area contributed by atoms with Crippen molar-refractivity contribution in [1.82, 2.24) is 4.98 Å². The summed E-state index contributed by atoms with van der Waals surface area (Å²) in [4.78, 5) is 16.3. The summed E-state index contributed by atoms with van der Waals surface area (Å²) in [5, 5.41) is 13.1. The first-order valence-corrected chi connectivity index (χ1v) is 8.40.